The number of hydrogen-bond donors (Lipinski definition) is 3. The summed E-state index contributed by atoms with van der Waals surface area (Å²) >= 11 is 5.99. The Kier molecular flexibility index (Phi) is 6.72. The summed E-state index contributed by atoms with van der Waals surface area (Å²) in [4.78, 5) is 37.7. The molecule has 0 heterocycles. The number of halogens is 1. The summed E-state index contributed by atoms with van der Waals surface area (Å²) in [6.45, 7) is 0. The molecule has 3 rings (SSSR count). The van der Waals surface area contributed by atoms with Crippen LogP contribution in [-0.2, 0) is 15.1 Å². The summed E-state index contributed by atoms with van der Waals surface area (Å²) in [5.74, 6) is -4.31. The standard InChI is InChI=1S/C24H20ClNO5/c25-19-13-11-18(12-14-19)24(23(30)31,26-22(29)17-9-5-2-6-10-17)20(15-21(27)28)16-7-3-1-4-8-16/h1-14,20H,15H2,(H,26,29)(H,27,28)(H,30,31). The summed E-state index contributed by atoms with van der Waals surface area (Å²) in [5, 5.41) is 23.1. The highest BCUT2D eigenvalue weighted by atomic mass is 35.5. The maximum absolute atomic E-state index is 13.1. The van der Waals surface area contributed by atoms with Gasteiger partial charge in [-0.05, 0) is 35.4 Å². The van der Waals surface area contributed by atoms with Gasteiger partial charge >= 0.3 is 11.9 Å². The van der Waals surface area contributed by atoms with Gasteiger partial charge in [0.15, 0.2) is 5.54 Å². The molecule has 0 fully saturated rings. The maximum atomic E-state index is 13.1. The molecule has 0 aromatic heterocycles. The van der Waals surface area contributed by atoms with Crippen LogP contribution >= 0.6 is 11.6 Å². The topological polar surface area (TPSA) is 104 Å². The Morgan fingerprint density at radius 1 is 0.839 bits per heavy atom. The molecule has 0 bridgehead atoms. The van der Waals surface area contributed by atoms with Gasteiger partial charge < -0.3 is 15.5 Å². The fourth-order valence-electron chi connectivity index (χ4n) is 3.62. The number of carbonyl (C=O) groups is 3. The van der Waals surface area contributed by atoms with Gasteiger partial charge in [-0.3, -0.25) is 9.59 Å². The molecule has 0 radical (unpaired) electrons. The quantitative estimate of drug-likeness (QED) is 0.487. The lowest BCUT2D eigenvalue weighted by Crippen LogP contribution is -2.56. The van der Waals surface area contributed by atoms with E-state index < -0.39 is 35.7 Å². The van der Waals surface area contributed by atoms with Gasteiger partial charge in [-0.1, -0.05) is 72.3 Å². The molecule has 0 aliphatic heterocycles. The normalized spacial score (nSPS) is 13.6. The highest BCUT2D eigenvalue weighted by Crippen LogP contribution is 2.41. The van der Waals surface area contributed by atoms with E-state index in [-0.39, 0.29) is 11.1 Å². The molecule has 3 N–H and O–H groups in total. The van der Waals surface area contributed by atoms with Gasteiger partial charge in [-0.2, -0.15) is 0 Å². The zero-order chi connectivity index (χ0) is 22.4. The third kappa shape index (κ3) is 4.75. The lowest BCUT2D eigenvalue weighted by molar-refractivity contribution is -0.147. The summed E-state index contributed by atoms with van der Waals surface area (Å²) < 4.78 is 0. The maximum Gasteiger partial charge on any atom is 0.334 e. The number of carboxylic acid groups (broad SMARTS) is 2. The molecule has 31 heavy (non-hydrogen) atoms. The van der Waals surface area contributed by atoms with E-state index in [0.29, 0.717) is 10.6 Å². The molecule has 0 spiro atoms. The van der Waals surface area contributed by atoms with Crippen molar-refractivity contribution in [1.82, 2.24) is 5.32 Å². The third-order valence-electron chi connectivity index (χ3n) is 5.09. The first-order chi connectivity index (χ1) is 14.8. The third-order valence-corrected chi connectivity index (χ3v) is 5.34. The van der Waals surface area contributed by atoms with E-state index in [1.54, 1.807) is 60.7 Å². The summed E-state index contributed by atoms with van der Waals surface area (Å²) in [6.07, 6.45) is -0.520. The van der Waals surface area contributed by atoms with Crippen LogP contribution in [0.15, 0.2) is 84.9 Å². The fraction of sp³-hybridized carbons (Fsp3) is 0.125. The van der Waals surface area contributed by atoms with Gasteiger partial charge in [0.25, 0.3) is 5.91 Å². The van der Waals surface area contributed by atoms with Gasteiger partial charge in [0.05, 0.1) is 6.42 Å². The Hall–Kier alpha value is -3.64. The van der Waals surface area contributed by atoms with Gasteiger partial charge in [0.2, 0.25) is 0 Å². The Labute approximate surface area is 184 Å². The van der Waals surface area contributed by atoms with Crippen molar-refractivity contribution < 1.29 is 24.6 Å². The van der Waals surface area contributed by atoms with Crippen LogP contribution in [-0.4, -0.2) is 28.1 Å². The van der Waals surface area contributed by atoms with Crippen molar-refractivity contribution in [3.63, 3.8) is 0 Å². The van der Waals surface area contributed by atoms with Crippen molar-refractivity contribution >= 4 is 29.4 Å². The molecular formula is C24H20ClNO5. The van der Waals surface area contributed by atoms with Gasteiger partial charge in [0, 0.05) is 16.5 Å². The summed E-state index contributed by atoms with van der Waals surface area (Å²) in [5.41, 5.74) is -1.12. The molecule has 2 unspecified atom stereocenters. The van der Waals surface area contributed by atoms with Crippen LogP contribution in [0.5, 0.6) is 0 Å². The number of aliphatic carboxylic acids is 2. The molecule has 6 nitrogen and oxygen atoms in total. The Bertz CT molecular complexity index is 1070. The molecule has 3 aromatic rings. The average molecular weight is 438 g/mol. The Morgan fingerprint density at radius 2 is 1.39 bits per heavy atom. The van der Waals surface area contributed by atoms with Gasteiger partial charge in [-0.25, -0.2) is 4.79 Å². The van der Waals surface area contributed by atoms with Crippen LogP contribution in [0.3, 0.4) is 0 Å². The molecule has 2 atom stereocenters. The molecule has 7 heteroatoms. The number of hydrogen-bond acceptors (Lipinski definition) is 3. The highest BCUT2D eigenvalue weighted by Gasteiger charge is 2.50. The monoisotopic (exact) mass is 437 g/mol. The Morgan fingerprint density at radius 3 is 1.90 bits per heavy atom. The predicted molar refractivity (Wildman–Crippen MR) is 116 cm³/mol. The number of rotatable bonds is 8. The second-order valence-corrected chi connectivity index (χ2v) is 7.44. The smallest absolute Gasteiger partial charge is 0.334 e. The second-order valence-electron chi connectivity index (χ2n) is 7.00. The van der Waals surface area contributed by atoms with Crippen molar-refractivity contribution in [3.05, 3.63) is 107 Å². The minimum Gasteiger partial charge on any atom is -0.481 e. The average Bonchev–Trinajstić information content (AvgIpc) is 2.77. The van der Waals surface area contributed by atoms with E-state index in [1.165, 1.54) is 24.3 Å². The fourth-order valence-corrected chi connectivity index (χ4v) is 3.75. The number of amides is 1. The number of carboxylic acids is 2. The van der Waals surface area contributed by atoms with Crippen molar-refractivity contribution in [1.29, 1.82) is 0 Å². The largest absolute Gasteiger partial charge is 0.481 e. The van der Waals surface area contributed by atoms with Gasteiger partial charge in [-0.15, -0.1) is 0 Å². The molecule has 1 amide bonds. The first kappa shape index (κ1) is 22.1. The number of benzene rings is 3. The van der Waals surface area contributed by atoms with Crippen LogP contribution in [0.2, 0.25) is 5.02 Å². The van der Waals surface area contributed by atoms with E-state index in [2.05, 4.69) is 5.32 Å². The molecular weight excluding hydrogens is 418 g/mol. The van der Waals surface area contributed by atoms with Crippen LogP contribution < -0.4 is 5.32 Å². The highest BCUT2D eigenvalue weighted by molar-refractivity contribution is 6.30. The van der Waals surface area contributed by atoms with Crippen molar-refractivity contribution in [2.75, 3.05) is 0 Å². The number of nitrogens with one attached hydrogen (secondary N) is 1. The zero-order valence-electron chi connectivity index (χ0n) is 16.4. The SMILES string of the molecule is O=C(O)CC(c1ccccc1)C(NC(=O)c1ccccc1)(C(=O)O)c1ccc(Cl)cc1. The number of carbonyl (C=O) groups excluding carboxylic acids is 1. The first-order valence-corrected chi connectivity index (χ1v) is 9.86. The first-order valence-electron chi connectivity index (χ1n) is 9.48. The van der Waals surface area contributed by atoms with Crippen LogP contribution in [0.25, 0.3) is 0 Å². The van der Waals surface area contributed by atoms with E-state index >= 15 is 0 Å². The van der Waals surface area contributed by atoms with E-state index in [1.807, 2.05) is 0 Å². The van der Waals surface area contributed by atoms with E-state index in [0.717, 1.165) is 0 Å². The minimum absolute atomic E-state index is 0.212. The van der Waals surface area contributed by atoms with E-state index in [9.17, 15) is 24.6 Å². The van der Waals surface area contributed by atoms with Crippen LogP contribution in [0, 0.1) is 0 Å². The van der Waals surface area contributed by atoms with Crippen molar-refractivity contribution in [3.8, 4) is 0 Å². The lowest BCUT2D eigenvalue weighted by Gasteiger charge is -2.38. The zero-order valence-corrected chi connectivity index (χ0v) is 17.1. The molecule has 0 saturated carbocycles. The summed E-state index contributed by atoms with van der Waals surface area (Å²) in [7, 11) is 0. The van der Waals surface area contributed by atoms with E-state index in [4.69, 9.17) is 11.6 Å². The molecule has 0 aliphatic carbocycles. The molecule has 158 valence electrons. The minimum atomic E-state index is -2.06. The summed E-state index contributed by atoms with van der Waals surface area (Å²) in [6, 6.07) is 22.6. The lowest BCUT2D eigenvalue weighted by atomic mass is 9.72. The van der Waals surface area contributed by atoms with Crippen molar-refractivity contribution in [2.24, 2.45) is 0 Å². The van der Waals surface area contributed by atoms with Gasteiger partial charge in [0.1, 0.15) is 0 Å². The van der Waals surface area contributed by atoms with Crippen LogP contribution in [0.4, 0.5) is 0 Å². The Balaban J connectivity index is 2.24. The molecule has 0 saturated heterocycles. The molecule has 3 aromatic carbocycles. The van der Waals surface area contributed by atoms with Crippen molar-refractivity contribution in [2.45, 2.75) is 17.9 Å². The van der Waals surface area contributed by atoms with Crippen LogP contribution in [0.1, 0.15) is 33.8 Å². The predicted octanol–water partition coefficient (Wildman–Crippen LogP) is 4.31. The second kappa shape index (κ2) is 9.45. The molecule has 0 aliphatic rings.